The zero-order chi connectivity index (χ0) is 12.4. The van der Waals surface area contributed by atoms with E-state index in [4.69, 9.17) is 0 Å². The zero-order valence-electron chi connectivity index (χ0n) is 10.6. The average Bonchev–Trinajstić information content (AvgIpc) is 2.84. The van der Waals surface area contributed by atoms with E-state index in [1.54, 1.807) is 0 Å². The molecule has 1 heterocycles. The molecular formula is C17H17N. The van der Waals surface area contributed by atoms with Crippen LogP contribution in [0.25, 0.3) is 0 Å². The standard InChI is InChI=1S/C17H17N/c1-14-12-17(13-18-14,15-8-4-2-5-9-15)16-10-6-3-7-11-16/h2-11H,12-13H2,1H3. The molecule has 0 amide bonds. The van der Waals surface area contributed by atoms with Gasteiger partial charge in [-0.3, -0.25) is 4.99 Å². The van der Waals surface area contributed by atoms with Crippen LogP contribution in [0, 0.1) is 0 Å². The molecule has 0 bridgehead atoms. The Morgan fingerprint density at radius 1 is 0.833 bits per heavy atom. The van der Waals surface area contributed by atoms with Crippen molar-refractivity contribution in [3.63, 3.8) is 0 Å². The highest BCUT2D eigenvalue weighted by molar-refractivity contribution is 5.86. The fourth-order valence-corrected chi connectivity index (χ4v) is 2.89. The van der Waals surface area contributed by atoms with Gasteiger partial charge in [-0.2, -0.15) is 0 Å². The van der Waals surface area contributed by atoms with Crippen LogP contribution in [0.15, 0.2) is 65.7 Å². The van der Waals surface area contributed by atoms with Gasteiger partial charge in [-0.25, -0.2) is 0 Å². The SMILES string of the molecule is CC1=NCC(c2ccccc2)(c2ccccc2)C1. The maximum Gasteiger partial charge on any atom is 0.0529 e. The molecule has 0 aliphatic carbocycles. The van der Waals surface area contributed by atoms with Gasteiger partial charge in [-0.15, -0.1) is 0 Å². The Labute approximate surface area is 108 Å². The first kappa shape index (κ1) is 11.2. The minimum Gasteiger partial charge on any atom is -0.293 e. The number of benzene rings is 2. The van der Waals surface area contributed by atoms with E-state index < -0.39 is 0 Å². The highest BCUT2D eigenvalue weighted by Gasteiger charge is 2.37. The summed E-state index contributed by atoms with van der Waals surface area (Å²) >= 11 is 0. The maximum absolute atomic E-state index is 4.66. The monoisotopic (exact) mass is 235 g/mol. The quantitative estimate of drug-likeness (QED) is 0.750. The Kier molecular flexibility index (Phi) is 2.75. The molecule has 0 saturated heterocycles. The Morgan fingerprint density at radius 2 is 1.33 bits per heavy atom. The smallest absolute Gasteiger partial charge is 0.0529 e. The number of aliphatic imine (C=N–C) groups is 1. The largest absolute Gasteiger partial charge is 0.293 e. The van der Waals surface area contributed by atoms with E-state index >= 15 is 0 Å². The highest BCUT2D eigenvalue weighted by Crippen LogP contribution is 2.39. The number of hydrogen-bond acceptors (Lipinski definition) is 1. The highest BCUT2D eigenvalue weighted by atomic mass is 14.8. The van der Waals surface area contributed by atoms with Gasteiger partial charge < -0.3 is 0 Å². The predicted molar refractivity (Wildman–Crippen MR) is 76.3 cm³/mol. The number of rotatable bonds is 2. The van der Waals surface area contributed by atoms with Crippen LogP contribution in [-0.2, 0) is 5.41 Å². The summed E-state index contributed by atoms with van der Waals surface area (Å²) in [6.07, 6.45) is 1.03. The summed E-state index contributed by atoms with van der Waals surface area (Å²) in [7, 11) is 0. The molecule has 0 saturated carbocycles. The minimum atomic E-state index is 0.0482. The van der Waals surface area contributed by atoms with Crippen molar-refractivity contribution in [3.8, 4) is 0 Å². The normalized spacial score (nSPS) is 17.5. The van der Waals surface area contributed by atoms with Crippen LogP contribution in [0.5, 0.6) is 0 Å². The Hall–Kier alpha value is -1.89. The first-order valence-electron chi connectivity index (χ1n) is 6.42. The van der Waals surface area contributed by atoms with Crippen LogP contribution in [0.3, 0.4) is 0 Å². The molecule has 1 nitrogen and oxygen atoms in total. The second-order valence-electron chi connectivity index (χ2n) is 5.04. The van der Waals surface area contributed by atoms with Gasteiger partial charge in [0.15, 0.2) is 0 Å². The molecule has 1 aliphatic rings. The van der Waals surface area contributed by atoms with Crippen molar-refractivity contribution in [3.05, 3.63) is 71.8 Å². The van der Waals surface area contributed by atoms with Gasteiger partial charge in [-0.1, -0.05) is 60.7 Å². The van der Waals surface area contributed by atoms with Crippen molar-refractivity contribution in [2.75, 3.05) is 6.54 Å². The molecule has 0 N–H and O–H groups in total. The van der Waals surface area contributed by atoms with Gasteiger partial charge in [-0.05, 0) is 18.1 Å². The van der Waals surface area contributed by atoms with Crippen LogP contribution in [0.4, 0.5) is 0 Å². The first-order chi connectivity index (χ1) is 8.81. The van der Waals surface area contributed by atoms with E-state index in [1.807, 2.05) is 0 Å². The van der Waals surface area contributed by atoms with Crippen molar-refractivity contribution in [2.45, 2.75) is 18.8 Å². The lowest BCUT2D eigenvalue weighted by molar-refractivity contribution is 0.581. The van der Waals surface area contributed by atoms with E-state index in [-0.39, 0.29) is 5.41 Å². The first-order valence-corrected chi connectivity index (χ1v) is 6.42. The zero-order valence-corrected chi connectivity index (χ0v) is 10.6. The van der Waals surface area contributed by atoms with Crippen molar-refractivity contribution < 1.29 is 0 Å². The molecule has 0 unspecified atom stereocenters. The molecule has 18 heavy (non-hydrogen) atoms. The molecule has 0 aromatic heterocycles. The Balaban J connectivity index is 2.12. The maximum atomic E-state index is 4.66. The van der Waals surface area contributed by atoms with Gasteiger partial charge >= 0.3 is 0 Å². The molecule has 2 aromatic carbocycles. The summed E-state index contributed by atoms with van der Waals surface area (Å²) in [5.41, 5.74) is 4.04. The summed E-state index contributed by atoms with van der Waals surface area (Å²) < 4.78 is 0. The molecule has 3 rings (SSSR count). The third-order valence-corrected chi connectivity index (χ3v) is 3.83. The van der Waals surface area contributed by atoms with Crippen LogP contribution < -0.4 is 0 Å². The van der Waals surface area contributed by atoms with E-state index in [1.165, 1.54) is 16.8 Å². The number of hydrogen-bond donors (Lipinski definition) is 0. The van der Waals surface area contributed by atoms with Gasteiger partial charge in [0.1, 0.15) is 0 Å². The lowest BCUT2D eigenvalue weighted by Gasteiger charge is -2.29. The van der Waals surface area contributed by atoms with Gasteiger partial charge in [0.25, 0.3) is 0 Å². The van der Waals surface area contributed by atoms with E-state index in [2.05, 4.69) is 72.6 Å². The third-order valence-electron chi connectivity index (χ3n) is 3.83. The average molecular weight is 235 g/mol. The van der Waals surface area contributed by atoms with E-state index in [0.717, 1.165) is 13.0 Å². The van der Waals surface area contributed by atoms with E-state index in [0.29, 0.717) is 0 Å². The molecule has 0 atom stereocenters. The summed E-state index contributed by atoms with van der Waals surface area (Å²) in [6.45, 7) is 3.00. The van der Waals surface area contributed by atoms with Crippen molar-refractivity contribution in [1.82, 2.24) is 0 Å². The summed E-state index contributed by atoms with van der Waals surface area (Å²) in [5.74, 6) is 0. The molecule has 2 aromatic rings. The lowest BCUT2D eigenvalue weighted by Crippen LogP contribution is -2.28. The fourth-order valence-electron chi connectivity index (χ4n) is 2.89. The van der Waals surface area contributed by atoms with Crippen LogP contribution in [-0.4, -0.2) is 12.3 Å². The molecule has 0 spiro atoms. The molecule has 90 valence electrons. The molecule has 0 fully saturated rings. The van der Waals surface area contributed by atoms with E-state index in [9.17, 15) is 0 Å². The van der Waals surface area contributed by atoms with Gasteiger partial charge in [0.2, 0.25) is 0 Å². The lowest BCUT2D eigenvalue weighted by atomic mass is 9.73. The second-order valence-corrected chi connectivity index (χ2v) is 5.04. The minimum absolute atomic E-state index is 0.0482. The Morgan fingerprint density at radius 3 is 1.72 bits per heavy atom. The van der Waals surface area contributed by atoms with Gasteiger partial charge in [0, 0.05) is 17.5 Å². The molecule has 1 heteroatoms. The Bertz CT molecular complexity index is 515. The van der Waals surface area contributed by atoms with Crippen molar-refractivity contribution >= 4 is 5.71 Å². The van der Waals surface area contributed by atoms with Crippen molar-refractivity contribution in [2.24, 2.45) is 4.99 Å². The van der Waals surface area contributed by atoms with Crippen LogP contribution in [0.2, 0.25) is 0 Å². The molecule has 0 radical (unpaired) electrons. The van der Waals surface area contributed by atoms with Crippen LogP contribution >= 0.6 is 0 Å². The predicted octanol–water partition coefficient (Wildman–Crippen LogP) is 3.84. The summed E-state index contributed by atoms with van der Waals surface area (Å²) in [5, 5.41) is 0. The molecule has 1 aliphatic heterocycles. The molecular weight excluding hydrogens is 218 g/mol. The fraction of sp³-hybridized carbons (Fsp3) is 0.235. The van der Waals surface area contributed by atoms with Crippen LogP contribution in [0.1, 0.15) is 24.5 Å². The number of nitrogens with zero attached hydrogens (tertiary/aromatic N) is 1. The summed E-state index contributed by atoms with van der Waals surface area (Å²) in [6, 6.07) is 21.5. The van der Waals surface area contributed by atoms with Crippen molar-refractivity contribution in [1.29, 1.82) is 0 Å². The second kappa shape index (κ2) is 4.41. The third kappa shape index (κ3) is 1.76. The summed E-state index contributed by atoms with van der Waals surface area (Å²) in [4.78, 5) is 4.66. The topological polar surface area (TPSA) is 12.4 Å². The van der Waals surface area contributed by atoms with Gasteiger partial charge in [0.05, 0.1) is 6.54 Å².